The van der Waals surface area contributed by atoms with Crippen molar-refractivity contribution in [2.45, 2.75) is 6.92 Å². The molecule has 0 aliphatic carbocycles. The molecular weight excluding hydrogens is 204 g/mol. The molecule has 0 atom stereocenters. The van der Waals surface area contributed by atoms with Crippen LogP contribution in [-0.2, 0) is 0 Å². The van der Waals surface area contributed by atoms with E-state index in [-0.39, 0.29) is 0 Å². The van der Waals surface area contributed by atoms with Crippen LogP contribution in [0.3, 0.4) is 0 Å². The van der Waals surface area contributed by atoms with Gasteiger partial charge >= 0.3 is 0 Å². The van der Waals surface area contributed by atoms with Gasteiger partial charge in [0.1, 0.15) is 5.82 Å². The van der Waals surface area contributed by atoms with Crippen molar-refractivity contribution < 1.29 is 4.79 Å². The van der Waals surface area contributed by atoms with Crippen LogP contribution in [0.15, 0.2) is 36.2 Å². The van der Waals surface area contributed by atoms with E-state index in [2.05, 4.69) is 5.32 Å². The summed E-state index contributed by atoms with van der Waals surface area (Å²) in [6.45, 7) is 1.62. The zero-order valence-electron chi connectivity index (χ0n) is 8.95. The smallest absolute Gasteiger partial charge is 0.248 e. The number of hydrogen-bond acceptors (Lipinski definition) is 4. The van der Waals surface area contributed by atoms with Gasteiger partial charge in [0.2, 0.25) is 5.91 Å². The summed E-state index contributed by atoms with van der Waals surface area (Å²) in [5, 5.41) is 10.1. The number of primary amides is 1. The lowest BCUT2D eigenvalue weighted by Gasteiger charge is -2.07. The lowest BCUT2D eigenvalue weighted by Crippen LogP contribution is -2.13. The van der Waals surface area contributed by atoms with Gasteiger partial charge in [-0.05, 0) is 31.2 Å². The average molecular weight is 218 g/mol. The van der Waals surface area contributed by atoms with E-state index in [4.69, 9.17) is 16.9 Å². The normalized spacial score (nSPS) is 10.9. The van der Waals surface area contributed by atoms with E-state index >= 15 is 0 Å². The van der Waals surface area contributed by atoms with Crippen LogP contribution in [0, 0.1) is 5.41 Å². The van der Waals surface area contributed by atoms with Crippen LogP contribution in [0.5, 0.6) is 0 Å². The number of nitrogens with one attached hydrogen (secondary N) is 2. The number of amides is 1. The third-order valence-electron chi connectivity index (χ3n) is 1.81. The number of nitrogens with two attached hydrogens (primary N) is 2. The second-order valence-corrected chi connectivity index (χ2v) is 3.35. The summed E-state index contributed by atoms with van der Waals surface area (Å²) in [6, 6.07) is 6.68. The van der Waals surface area contributed by atoms with E-state index in [1.165, 1.54) is 6.08 Å². The first-order chi connectivity index (χ1) is 7.49. The number of carbonyl (C=O) groups is 1. The lowest BCUT2D eigenvalue weighted by atomic mass is 10.2. The van der Waals surface area contributed by atoms with Crippen molar-refractivity contribution in [3.63, 3.8) is 0 Å². The molecular formula is C11H14N4O. The van der Waals surface area contributed by atoms with Crippen molar-refractivity contribution in [3.05, 3.63) is 41.7 Å². The SMILES string of the molecule is CC(=N)/C=C(/N)Nc1cccc(C(N)=O)c1. The molecule has 0 bridgehead atoms. The topological polar surface area (TPSA) is 105 Å². The van der Waals surface area contributed by atoms with Gasteiger partial charge in [-0.2, -0.15) is 0 Å². The molecule has 0 spiro atoms. The largest absolute Gasteiger partial charge is 0.385 e. The van der Waals surface area contributed by atoms with Gasteiger partial charge in [0.15, 0.2) is 0 Å². The molecule has 16 heavy (non-hydrogen) atoms. The maximum atomic E-state index is 10.9. The van der Waals surface area contributed by atoms with Crippen molar-refractivity contribution in [1.82, 2.24) is 0 Å². The van der Waals surface area contributed by atoms with E-state index in [9.17, 15) is 4.79 Å². The Morgan fingerprint density at radius 1 is 1.44 bits per heavy atom. The Morgan fingerprint density at radius 2 is 2.12 bits per heavy atom. The van der Waals surface area contributed by atoms with Gasteiger partial charge in [0.05, 0.1) is 0 Å². The van der Waals surface area contributed by atoms with E-state index in [0.29, 0.717) is 22.8 Å². The quantitative estimate of drug-likeness (QED) is 0.567. The molecule has 0 fully saturated rings. The summed E-state index contributed by atoms with van der Waals surface area (Å²) in [4.78, 5) is 10.9. The van der Waals surface area contributed by atoms with Crippen molar-refractivity contribution in [1.29, 1.82) is 5.41 Å². The minimum absolute atomic E-state index is 0.342. The molecule has 84 valence electrons. The van der Waals surface area contributed by atoms with Crippen LogP contribution >= 0.6 is 0 Å². The summed E-state index contributed by atoms with van der Waals surface area (Å²) in [6.07, 6.45) is 1.48. The Balaban J connectivity index is 2.86. The van der Waals surface area contributed by atoms with Gasteiger partial charge in [-0.15, -0.1) is 0 Å². The van der Waals surface area contributed by atoms with Gasteiger partial charge in [0, 0.05) is 17.0 Å². The number of anilines is 1. The van der Waals surface area contributed by atoms with Crippen molar-refractivity contribution in [2.75, 3.05) is 5.32 Å². The highest BCUT2D eigenvalue weighted by Gasteiger charge is 2.01. The molecule has 0 heterocycles. The minimum Gasteiger partial charge on any atom is -0.385 e. The monoisotopic (exact) mass is 218 g/mol. The van der Waals surface area contributed by atoms with Crippen LogP contribution in [0.2, 0.25) is 0 Å². The molecule has 0 aliphatic heterocycles. The standard InChI is InChI=1S/C11H14N4O/c1-7(12)5-10(13)15-9-4-2-3-8(6-9)11(14)16/h2-6,12,15H,13H2,1H3,(H2,14,16)/b10-5-,12-7?. The Labute approximate surface area is 93.6 Å². The molecule has 5 heteroatoms. The van der Waals surface area contributed by atoms with Gasteiger partial charge in [-0.1, -0.05) is 6.07 Å². The maximum Gasteiger partial charge on any atom is 0.248 e. The fraction of sp³-hybridized carbons (Fsp3) is 0.0909. The van der Waals surface area contributed by atoms with Crippen LogP contribution in [0.1, 0.15) is 17.3 Å². The van der Waals surface area contributed by atoms with Crippen LogP contribution in [0.25, 0.3) is 0 Å². The predicted molar refractivity (Wildman–Crippen MR) is 64.3 cm³/mol. The zero-order chi connectivity index (χ0) is 12.1. The number of carbonyl (C=O) groups excluding carboxylic acids is 1. The Kier molecular flexibility index (Phi) is 3.66. The first-order valence-corrected chi connectivity index (χ1v) is 4.68. The number of rotatable bonds is 4. The first-order valence-electron chi connectivity index (χ1n) is 4.68. The predicted octanol–water partition coefficient (Wildman–Crippen LogP) is 1.04. The van der Waals surface area contributed by atoms with E-state index < -0.39 is 5.91 Å². The molecule has 0 saturated heterocycles. The van der Waals surface area contributed by atoms with Crippen molar-refractivity contribution in [2.24, 2.45) is 11.5 Å². The molecule has 5 nitrogen and oxygen atoms in total. The molecule has 1 rings (SSSR count). The first kappa shape index (κ1) is 11.8. The summed E-state index contributed by atoms with van der Waals surface area (Å²) >= 11 is 0. The molecule has 0 saturated carbocycles. The van der Waals surface area contributed by atoms with Gasteiger partial charge in [-0.3, -0.25) is 4.79 Å². The minimum atomic E-state index is -0.491. The summed E-state index contributed by atoms with van der Waals surface area (Å²) in [5.41, 5.74) is 12.2. The fourth-order valence-electron chi connectivity index (χ4n) is 1.19. The number of benzene rings is 1. The van der Waals surface area contributed by atoms with Gasteiger partial charge in [-0.25, -0.2) is 0 Å². The molecule has 0 aliphatic rings. The van der Waals surface area contributed by atoms with Gasteiger partial charge in [0.25, 0.3) is 0 Å². The van der Waals surface area contributed by atoms with E-state index in [1.807, 2.05) is 0 Å². The molecule has 1 aromatic rings. The summed E-state index contributed by atoms with van der Waals surface area (Å²) in [5.74, 6) is -0.149. The van der Waals surface area contributed by atoms with Crippen molar-refractivity contribution in [3.8, 4) is 0 Å². The Bertz CT molecular complexity index is 451. The molecule has 0 unspecified atom stereocenters. The average Bonchev–Trinajstić information content (AvgIpc) is 2.16. The van der Waals surface area contributed by atoms with Crippen molar-refractivity contribution >= 4 is 17.3 Å². The molecule has 1 aromatic carbocycles. The van der Waals surface area contributed by atoms with Crippen LogP contribution in [0.4, 0.5) is 5.69 Å². The summed E-state index contributed by atoms with van der Waals surface area (Å²) < 4.78 is 0. The number of hydrogen-bond donors (Lipinski definition) is 4. The van der Waals surface area contributed by atoms with E-state index in [0.717, 1.165) is 0 Å². The number of allylic oxidation sites excluding steroid dienone is 1. The fourth-order valence-corrected chi connectivity index (χ4v) is 1.19. The lowest BCUT2D eigenvalue weighted by molar-refractivity contribution is 0.100. The molecule has 1 amide bonds. The van der Waals surface area contributed by atoms with Crippen LogP contribution < -0.4 is 16.8 Å². The zero-order valence-corrected chi connectivity index (χ0v) is 8.95. The van der Waals surface area contributed by atoms with Crippen LogP contribution in [-0.4, -0.2) is 11.6 Å². The second-order valence-electron chi connectivity index (χ2n) is 3.35. The Morgan fingerprint density at radius 3 is 2.69 bits per heavy atom. The highest BCUT2D eigenvalue weighted by Crippen LogP contribution is 2.11. The molecule has 6 N–H and O–H groups in total. The molecule has 0 aromatic heterocycles. The van der Waals surface area contributed by atoms with E-state index in [1.54, 1.807) is 31.2 Å². The van der Waals surface area contributed by atoms with Gasteiger partial charge < -0.3 is 22.2 Å². The third kappa shape index (κ3) is 3.45. The Hall–Kier alpha value is -2.30. The highest BCUT2D eigenvalue weighted by atomic mass is 16.1. The second kappa shape index (κ2) is 4.97. The molecule has 0 radical (unpaired) electrons. The highest BCUT2D eigenvalue weighted by molar-refractivity contribution is 5.94. The summed E-state index contributed by atoms with van der Waals surface area (Å²) in [7, 11) is 0. The maximum absolute atomic E-state index is 10.9. The third-order valence-corrected chi connectivity index (χ3v) is 1.81.